The first-order valence-corrected chi connectivity index (χ1v) is 7.42. The number of carbonyl (C=O) groups excluding carboxylic acids is 2. The molecule has 8 heteroatoms. The van der Waals surface area contributed by atoms with Crippen LogP contribution in [0.25, 0.3) is 0 Å². The molecule has 21 heavy (non-hydrogen) atoms. The number of hydrogen-bond donors (Lipinski definition) is 0. The number of aromatic nitrogens is 1. The maximum atomic E-state index is 12.0. The van der Waals surface area contributed by atoms with E-state index in [4.69, 9.17) is 44.3 Å². The predicted molar refractivity (Wildman–Crippen MR) is 79.5 cm³/mol. The number of methoxy groups -OCH3 is 1. The lowest BCUT2D eigenvalue weighted by atomic mass is 10.1. The zero-order valence-electron chi connectivity index (χ0n) is 11.4. The lowest BCUT2D eigenvalue weighted by Crippen LogP contribution is -2.21. The molecule has 0 bridgehead atoms. The molecular formula is C13H14Cl3NO4. The van der Waals surface area contributed by atoms with E-state index in [0.717, 1.165) is 6.42 Å². The average molecular weight is 355 g/mol. The van der Waals surface area contributed by atoms with Gasteiger partial charge in [0, 0.05) is 18.4 Å². The highest BCUT2D eigenvalue weighted by molar-refractivity contribution is 6.77. The Morgan fingerprint density at radius 1 is 1.43 bits per heavy atom. The van der Waals surface area contributed by atoms with Crippen molar-refractivity contribution in [2.24, 2.45) is 0 Å². The summed E-state index contributed by atoms with van der Waals surface area (Å²) in [6, 6.07) is 1.30. The van der Waals surface area contributed by atoms with Gasteiger partial charge >= 0.3 is 5.97 Å². The van der Waals surface area contributed by atoms with Crippen LogP contribution in [0.4, 0.5) is 0 Å². The maximum Gasteiger partial charge on any atom is 0.354 e. The minimum absolute atomic E-state index is 0.0731. The van der Waals surface area contributed by atoms with Crippen LogP contribution in [0, 0.1) is 0 Å². The second kappa shape index (κ2) is 6.16. The number of esters is 1. The van der Waals surface area contributed by atoms with Crippen molar-refractivity contribution in [1.29, 1.82) is 0 Å². The van der Waals surface area contributed by atoms with Crippen molar-refractivity contribution in [3.05, 3.63) is 23.5 Å². The second-order valence-corrected chi connectivity index (χ2v) is 7.05. The van der Waals surface area contributed by atoms with Crippen LogP contribution in [0.5, 0.6) is 0 Å². The van der Waals surface area contributed by atoms with Gasteiger partial charge in [0.15, 0.2) is 0 Å². The molecule has 0 N–H and O–H groups in total. The first-order valence-electron chi connectivity index (χ1n) is 6.29. The zero-order chi connectivity index (χ0) is 15.8. The fourth-order valence-electron chi connectivity index (χ4n) is 2.40. The Labute approximate surface area is 137 Å². The van der Waals surface area contributed by atoms with Crippen LogP contribution in [0.1, 0.15) is 40.2 Å². The van der Waals surface area contributed by atoms with Gasteiger partial charge in [0.2, 0.25) is 5.78 Å². The second-order valence-electron chi connectivity index (χ2n) is 4.77. The fraction of sp³-hybridized carbons (Fsp3) is 0.538. The van der Waals surface area contributed by atoms with Crippen LogP contribution >= 0.6 is 34.8 Å². The molecule has 0 aliphatic carbocycles. The highest BCUT2D eigenvalue weighted by Crippen LogP contribution is 2.33. The first-order chi connectivity index (χ1) is 9.75. The molecule has 0 aromatic carbocycles. The van der Waals surface area contributed by atoms with E-state index in [0.29, 0.717) is 6.61 Å². The average Bonchev–Trinajstić information content (AvgIpc) is 3.01. The van der Waals surface area contributed by atoms with E-state index in [1.54, 1.807) is 4.57 Å². The Kier molecular flexibility index (Phi) is 4.88. The summed E-state index contributed by atoms with van der Waals surface area (Å²) < 4.78 is 9.82. The van der Waals surface area contributed by atoms with Gasteiger partial charge in [-0.3, -0.25) is 4.79 Å². The number of carbonyl (C=O) groups is 2. The van der Waals surface area contributed by atoms with Crippen LogP contribution in [0.15, 0.2) is 12.3 Å². The normalized spacial score (nSPS) is 22.3. The molecule has 1 aromatic heterocycles. The Morgan fingerprint density at radius 3 is 2.57 bits per heavy atom. The topological polar surface area (TPSA) is 57.5 Å². The van der Waals surface area contributed by atoms with E-state index in [1.165, 1.54) is 19.4 Å². The molecule has 2 unspecified atom stereocenters. The van der Waals surface area contributed by atoms with Gasteiger partial charge in [-0.05, 0) is 19.4 Å². The number of nitrogens with zero attached hydrogens (tertiary/aromatic N) is 1. The molecule has 0 spiro atoms. The van der Waals surface area contributed by atoms with Crippen LogP contribution < -0.4 is 0 Å². The minimum atomic E-state index is -2.07. The summed E-state index contributed by atoms with van der Waals surface area (Å²) >= 11 is 16.8. The van der Waals surface area contributed by atoms with Gasteiger partial charge in [0.25, 0.3) is 3.79 Å². The number of rotatable bonds is 3. The molecule has 2 rings (SSSR count). The number of alkyl halides is 3. The van der Waals surface area contributed by atoms with Crippen molar-refractivity contribution in [1.82, 2.24) is 4.57 Å². The molecule has 0 radical (unpaired) electrons. The number of halogens is 3. The molecule has 0 amide bonds. The van der Waals surface area contributed by atoms with Gasteiger partial charge in [-0.15, -0.1) is 0 Å². The van der Waals surface area contributed by atoms with Gasteiger partial charge in [0.05, 0.1) is 19.3 Å². The summed E-state index contributed by atoms with van der Waals surface area (Å²) in [6.45, 7) is 2.48. The SMILES string of the molecule is COC(=O)c1cc(C(=O)C(Cl)(Cl)Cl)cn1C1CCOC1C. The molecule has 1 aliphatic heterocycles. The Balaban J connectivity index is 2.45. The van der Waals surface area contributed by atoms with Crippen LogP contribution in [-0.4, -0.2) is 39.9 Å². The Morgan fingerprint density at radius 2 is 2.10 bits per heavy atom. The highest BCUT2D eigenvalue weighted by Gasteiger charge is 2.35. The molecular weight excluding hydrogens is 341 g/mol. The van der Waals surface area contributed by atoms with Crippen molar-refractivity contribution >= 4 is 46.6 Å². The summed E-state index contributed by atoms with van der Waals surface area (Å²) in [6.07, 6.45) is 2.14. The van der Waals surface area contributed by atoms with E-state index in [2.05, 4.69) is 0 Å². The van der Waals surface area contributed by atoms with E-state index in [1.807, 2.05) is 6.92 Å². The molecule has 2 heterocycles. The van der Waals surface area contributed by atoms with Gasteiger partial charge in [-0.2, -0.15) is 0 Å². The molecule has 0 saturated carbocycles. The first kappa shape index (κ1) is 16.6. The number of Topliss-reactive ketones (excluding diaryl/α,β-unsaturated/α-hetero) is 1. The third-order valence-corrected chi connectivity index (χ3v) is 3.97. The van der Waals surface area contributed by atoms with Gasteiger partial charge in [0.1, 0.15) is 5.69 Å². The number of hydrogen-bond acceptors (Lipinski definition) is 4. The van der Waals surface area contributed by atoms with Crippen molar-refractivity contribution in [2.75, 3.05) is 13.7 Å². The standard InChI is InChI=1S/C13H14Cl3NO4/c1-7-9(3-4-21-7)17-6-8(11(18)13(14,15)16)5-10(17)12(19)20-2/h5-7,9H,3-4H2,1-2H3. The third-order valence-electron chi connectivity index (χ3n) is 3.46. The summed E-state index contributed by atoms with van der Waals surface area (Å²) in [4.78, 5) is 23.9. The van der Waals surface area contributed by atoms with Crippen molar-refractivity contribution < 1.29 is 19.1 Å². The smallest absolute Gasteiger partial charge is 0.354 e. The van der Waals surface area contributed by atoms with Crippen molar-refractivity contribution in [2.45, 2.75) is 29.3 Å². The van der Waals surface area contributed by atoms with Crippen LogP contribution in [-0.2, 0) is 9.47 Å². The Hall–Kier alpha value is -0.750. The van der Waals surface area contributed by atoms with Gasteiger partial charge < -0.3 is 14.0 Å². The van der Waals surface area contributed by atoms with E-state index < -0.39 is 15.5 Å². The molecule has 2 atom stereocenters. The number of ketones is 1. The molecule has 116 valence electrons. The van der Waals surface area contributed by atoms with E-state index in [-0.39, 0.29) is 23.4 Å². The molecule has 5 nitrogen and oxygen atoms in total. The summed E-state index contributed by atoms with van der Waals surface area (Å²) in [5, 5.41) is 0. The highest BCUT2D eigenvalue weighted by atomic mass is 35.6. The Bertz CT molecular complexity index is 564. The van der Waals surface area contributed by atoms with Crippen LogP contribution in [0.2, 0.25) is 0 Å². The van der Waals surface area contributed by atoms with Crippen LogP contribution in [0.3, 0.4) is 0 Å². The predicted octanol–water partition coefficient (Wildman–Crippen LogP) is 3.18. The zero-order valence-corrected chi connectivity index (χ0v) is 13.7. The van der Waals surface area contributed by atoms with Gasteiger partial charge in [-0.1, -0.05) is 34.8 Å². The van der Waals surface area contributed by atoms with E-state index >= 15 is 0 Å². The minimum Gasteiger partial charge on any atom is -0.464 e. The van der Waals surface area contributed by atoms with E-state index in [9.17, 15) is 9.59 Å². The largest absolute Gasteiger partial charge is 0.464 e. The summed E-state index contributed by atoms with van der Waals surface area (Å²) in [7, 11) is 1.27. The summed E-state index contributed by atoms with van der Waals surface area (Å²) in [5.41, 5.74) is 0.381. The molecule has 1 saturated heterocycles. The molecule has 1 fully saturated rings. The number of ether oxygens (including phenoxy) is 2. The fourth-order valence-corrected chi connectivity index (χ4v) is 2.72. The monoisotopic (exact) mass is 353 g/mol. The lowest BCUT2D eigenvalue weighted by molar-refractivity contribution is 0.0579. The quantitative estimate of drug-likeness (QED) is 0.475. The maximum absolute atomic E-state index is 12.0. The summed E-state index contributed by atoms with van der Waals surface area (Å²) in [5.74, 6) is -1.25. The lowest BCUT2D eigenvalue weighted by Gasteiger charge is -2.18. The molecule has 1 aliphatic rings. The van der Waals surface area contributed by atoms with Gasteiger partial charge in [-0.25, -0.2) is 4.79 Å². The third kappa shape index (κ3) is 3.37. The molecule has 1 aromatic rings. The van der Waals surface area contributed by atoms with Crippen molar-refractivity contribution in [3.63, 3.8) is 0 Å². The van der Waals surface area contributed by atoms with Crippen molar-refractivity contribution in [3.8, 4) is 0 Å².